The van der Waals surface area contributed by atoms with Gasteiger partial charge in [-0.15, -0.1) is 0 Å². The minimum Gasteiger partial charge on any atom is -0.474 e. The maximum Gasteiger partial charge on any atom is 0.402 e. The smallest absolute Gasteiger partial charge is 0.402 e. The molecule has 1 aromatic carbocycles. The highest BCUT2D eigenvalue weighted by molar-refractivity contribution is 7.89. The quantitative estimate of drug-likeness (QED) is 0.714. The Bertz CT molecular complexity index is 970. The van der Waals surface area contributed by atoms with E-state index in [0.717, 1.165) is 12.1 Å². The van der Waals surface area contributed by atoms with E-state index in [2.05, 4.69) is 15.3 Å². The monoisotopic (exact) mass is 415 g/mol. The van der Waals surface area contributed by atoms with Crippen LogP contribution in [-0.4, -0.2) is 37.2 Å². The van der Waals surface area contributed by atoms with Gasteiger partial charge in [-0.1, -0.05) is 0 Å². The largest absolute Gasteiger partial charge is 0.474 e. The zero-order valence-electron chi connectivity index (χ0n) is 14.8. The first-order valence-corrected chi connectivity index (χ1v) is 9.36. The van der Waals surface area contributed by atoms with E-state index in [1.807, 2.05) is 6.07 Å². The first-order chi connectivity index (χ1) is 13.0. The van der Waals surface area contributed by atoms with Crippen LogP contribution in [0.25, 0.3) is 0 Å². The lowest BCUT2D eigenvalue weighted by Gasteiger charge is -2.12. The van der Waals surface area contributed by atoms with Gasteiger partial charge in [-0.05, 0) is 38.1 Å². The zero-order chi connectivity index (χ0) is 20.9. The molecule has 150 valence electrons. The number of ether oxygens (including phenoxy) is 1. The number of anilines is 2. The number of nitrogens with zero attached hydrogens (tertiary/aromatic N) is 3. The number of rotatable bonds is 7. The van der Waals surface area contributed by atoms with Crippen LogP contribution in [0.2, 0.25) is 0 Å². The van der Waals surface area contributed by atoms with E-state index in [9.17, 15) is 21.6 Å². The summed E-state index contributed by atoms with van der Waals surface area (Å²) < 4.78 is 67.2. The number of hydrogen-bond acceptors (Lipinski definition) is 7. The third-order valence-corrected chi connectivity index (χ3v) is 4.52. The third kappa shape index (κ3) is 6.07. The van der Waals surface area contributed by atoms with Gasteiger partial charge in [-0.2, -0.15) is 23.4 Å². The van der Waals surface area contributed by atoms with Crippen LogP contribution in [0.5, 0.6) is 5.88 Å². The van der Waals surface area contributed by atoms with Gasteiger partial charge in [0.15, 0.2) is 0 Å². The van der Waals surface area contributed by atoms with Gasteiger partial charge in [0.05, 0.1) is 17.2 Å². The fourth-order valence-corrected chi connectivity index (χ4v) is 2.94. The molecule has 1 aromatic heterocycles. The first kappa shape index (κ1) is 21.4. The molecule has 0 aliphatic heterocycles. The molecule has 0 spiro atoms. The van der Waals surface area contributed by atoms with E-state index < -0.39 is 22.7 Å². The molecule has 2 N–H and O–H groups in total. The molecule has 8 nitrogen and oxygen atoms in total. The van der Waals surface area contributed by atoms with E-state index in [1.165, 1.54) is 23.1 Å². The molecule has 0 unspecified atom stereocenters. The zero-order valence-corrected chi connectivity index (χ0v) is 15.6. The van der Waals surface area contributed by atoms with Crippen molar-refractivity contribution in [3.8, 4) is 11.9 Å². The van der Waals surface area contributed by atoms with Crippen LogP contribution in [0.4, 0.5) is 24.8 Å². The summed E-state index contributed by atoms with van der Waals surface area (Å²) in [6.07, 6.45) is -3.60. The fraction of sp³-hybridized carbons (Fsp3) is 0.312. The summed E-state index contributed by atoms with van der Waals surface area (Å²) in [4.78, 5) is 7.72. The second-order valence-corrected chi connectivity index (χ2v) is 7.55. The number of benzene rings is 1. The predicted molar refractivity (Wildman–Crippen MR) is 93.5 cm³/mol. The second kappa shape index (κ2) is 8.41. The molecule has 0 amide bonds. The Morgan fingerprint density at radius 2 is 1.89 bits per heavy atom. The molecule has 2 aromatic rings. The Morgan fingerprint density at radius 1 is 1.25 bits per heavy atom. The topological polar surface area (TPSA) is 117 Å². The number of sulfonamides is 1. The van der Waals surface area contributed by atoms with Crippen molar-refractivity contribution in [3.05, 3.63) is 36.0 Å². The molecule has 0 radical (unpaired) electrons. The maximum atomic E-state index is 12.2. The number of hydrogen-bond donors (Lipinski definition) is 2. The summed E-state index contributed by atoms with van der Waals surface area (Å²) in [5.41, 5.74) is 0.534. The van der Waals surface area contributed by atoms with Gasteiger partial charge >= 0.3 is 6.18 Å². The molecule has 0 bridgehead atoms. The molecule has 28 heavy (non-hydrogen) atoms. The Labute approximate surface area is 159 Å². The predicted octanol–water partition coefficient (Wildman–Crippen LogP) is 2.72. The number of nitriles is 1. The highest BCUT2D eigenvalue weighted by atomic mass is 32.2. The lowest BCUT2D eigenvalue weighted by atomic mass is 10.3. The number of halogens is 3. The third-order valence-electron chi connectivity index (χ3n) is 3.10. The van der Waals surface area contributed by atoms with Crippen LogP contribution >= 0.6 is 0 Å². The molecule has 0 atom stereocenters. The van der Waals surface area contributed by atoms with Crippen LogP contribution in [-0.2, 0) is 10.0 Å². The maximum absolute atomic E-state index is 12.2. The fourth-order valence-electron chi connectivity index (χ4n) is 1.92. The Morgan fingerprint density at radius 3 is 2.43 bits per heavy atom. The van der Waals surface area contributed by atoms with E-state index in [4.69, 9.17) is 10.00 Å². The summed E-state index contributed by atoms with van der Waals surface area (Å²) in [7, 11) is -4.30. The van der Waals surface area contributed by atoms with Crippen LogP contribution in [0, 0.1) is 11.3 Å². The Hall–Kier alpha value is -2.91. The molecule has 0 saturated carbocycles. The summed E-state index contributed by atoms with van der Waals surface area (Å²) in [5.74, 6) is 0.186. The van der Waals surface area contributed by atoms with Crippen molar-refractivity contribution in [2.75, 3.05) is 11.9 Å². The first-order valence-electron chi connectivity index (χ1n) is 7.87. The van der Waals surface area contributed by atoms with Crippen LogP contribution in [0.1, 0.15) is 19.4 Å². The lowest BCUT2D eigenvalue weighted by Crippen LogP contribution is -2.33. The van der Waals surface area contributed by atoms with Crippen molar-refractivity contribution < 1.29 is 26.3 Å². The molecular formula is C16H16F3N5O3S. The van der Waals surface area contributed by atoms with Crippen LogP contribution in [0.3, 0.4) is 0 Å². The van der Waals surface area contributed by atoms with Crippen molar-refractivity contribution in [1.29, 1.82) is 5.26 Å². The number of aromatic nitrogens is 2. The van der Waals surface area contributed by atoms with E-state index in [-0.39, 0.29) is 28.4 Å². The summed E-state index contributed by atoms with van der Waals surface area (Å²) in [5, 5.41) is 11.8. The van der Waals surface area contributed by atoms with Crippen molar-refractivity contribution in [2.24, 2.45) is 0 Å². The van der Waals surface area contributed by atoms with Crippen molar-refractivity contribution in [1.82, 2.24) is 14.7 Å². The average molecular weight is 415 g/mol. The minimum atomic E-state index is -4.66. The van der Waals surface area contributed by atoms with Gasteiger partial charge in [-0.25, -0.2) is 18.1 Å². The molecule has 0 saturated heterocycles. The van der Waals surface area contributed by atoms with Crippen molar-refractivity contribution >= 4 is 21.7 Å². The normalized spacial score (nSPS) is 11.9. The average Bonchev–Trinajstić information content (AvgIpc) is 2.60. The molecule has 0 aliphatic rings. The molecule has 12 heteroatoms. The summed E-state index contributed by atoms with van der Waals surface area (Å²) >= 11 is 0. The lowest BCUT2D eigenvalue weighted by molar-refractivity contribution is -0.121. The van der Waals surface area contributed by atoms with Crippen molar-refractivity contribution in [2.45, 2.75) is 31.0 Å². The summed E-state index contributed by atoms with van der Waals surface area (Å²) in [6.45, 7) is 1.87. The minimum absolute atomic E-state index is 0.0885. The van der Waals surface area contributed by atoms with Gasteiger partial charge in [0.25, 0.3) is 0 Å². The van der Waals surface area contributed by atoms with Gasteiger partial charge in [-0.3, -0.25) is 0 Å². The number of nitrogens with one attached hydrogen (secondary N) is 2. The SMILES string of the molecule is CC(C)Oc1nc(Nc2ccc(S(=O)(=O)NCC(F)(F)F)cc2)ncc1C#N. The van der Waals surface area contributed by atoms with Crippen LogP contribution < -0.4 is 14.8 Å². The molecule has 2 rings (SSSR count). The van der Waals surface area contributed by atoms with Gasteiger partial charge in [0, 0.05) is 5.69 Å². The van der Waals surface area contributed by atoms with E-state index >= 15 is 0 Å². The Balaban J connectivity index is 2.15. The Kier molecular flexibility index (Phi) is 6.42. The van der Waals surface area contributed by atoms with Gasteiger partial charge < -0.3 is 10.1 Å². The highest BCUT2D eigenvalue weighted by Crippen LogP contribution is 2.21. The molecule has 0 fully saturated rings. The van der Waals surface area contributed by atoms with E-state index in [0.29, 0.717) is 5.69 Å². The second-order valence-electron chi connectivity index (χ2n) is 5.78. The highest BCUT2D eigenvalue weighted by Gasteiger charge is 2.30. The van der Waals surface area contributed by atoms with Crippen molar-refractivity contribution in [3.63, 3.8) is 0 Å². The molecule has 0 aliphatic carbocycles. The van der Waals surface area contributed by atoms with E-state index in [1.54, 1.807) is 13.8 Å². The van der Waals surface area contributed by atoms with Crippen LogP contribution in [0.15, 0.2) is 35.4 Å². The molecule has 1 heterocycles. The molecular weight excluding hydrogens is 399 g/mol. The number of alkyl halides is 3. The summed E-state index contributed by atoms with van der Waals surface area (Å²) in [6, 6.07) is 6.86. The van der Waals surface area contributed by atoms with Gasteiger partial charge in [0.1, 0.15) is 18.2 Å². The standard InChI is InChI=1S/C16H16F3N5O3S/c1-10(2)27-14-11(7-20)8-21-15(24-14)23-12-3-5-13(6-4-12)28(25,26)22-9-16(17,18)19/h3-6,8,10,22H,9H2,1-2H3,(H,21,23,24). The van der Waals surface area contributed by atoms with Gasteiger partial charge in [0.2, 0.25) is 21.9 Å².